The minimum atomic E-state index is -3.67. The molecule has 0 N–H and O–H groups in total. The number of hydrogen-bond acceptors (Lipinski definition) is 5. The van der Waals surface area contributed by atoms with Crippen molar-refractivity contribution in [2.45, 2.75) is 13.3 Å². The average molecular weight is 480 g/mol. The molecule has 1 amide bonds. The number of aryl methyl sites for hydroxylation is 1. The van der Waals surface area contributed by atoms with Crippen LogP contribution in [0.1, 0.15) is 11.1 Å². The number of rotatable bonds is 8. The van der Waals surface area contributed by atoms with Gasteiger partial charge < -0.3 is 0 Å². The first kappa shape index (κ1) is 22.9. The maximum atomic E-state index is 13.6. The molecular weight excluding hydrogens is 454 g/mol. The minimum absolute atomic E-state index is 0.297. The van der Waals surface area contributed by atoms with E-state index in [1.165, 1.54) is 15.6 Å². The normalized spacial score (nSPS) is 11.5. The van der Waals surface area contributed by atoms with Gasteiger partial charge in [-0.05, 0) is 42.7 Å². The summed E-state index contributed by atoms with van der Waals surface area (Å²) in [6.07, 6.45) is 1.75. The first-order valence-corrected chi connectivity index (χ1v) is 13.2. The van der Waals surface area contributed by atoms with Crippen LogP contribution in [0.4, 0.5) is 10.8 Å². The van der Waals surface area contributed by atoms with Crippen LogP contribution < -0.4 is 9.21 Å². The maximum Gasteiger partial charge on any atom is 0.249 e. The summed E-state index contributed by atoms with van der Waals surface area (Å²) in [4.78, 5) is 19.8. The topological polar surface area (TPSA) is 70.6 Å². The molecule has 0 aliphatic carbocycles. The largest absolute Gasteiger partial charge is 0.286 e. The molecule has 1 heterocycles. The Morgan fingerprint density at radius 2 is 1.61 bits per heavy atom. The molecule has 1 aromatic heterocycles. The Morgan fingerprint density at radius 3 is 2.30 bits per heavy atom. The molecular formula is C25H25N3O3S2. The zero-order valence-electron chi connectivity index (χ0n) is 18.5. The monoisotopic (exact) mass is 479 g/mol. The molecule has 170 valence electrons. The fourth-order valence-corrected chi connectivity index (χ4v) is 5.54. The number of fused-ring (bicyclic) bond motifs is 1. The molecule has 0 atom stereocenters. The van der Waals surface area contributed by atoms with E-state index in [2.05, 4.69) is 4.98 Å². The number of aromatic nitrogens is 1. The molecule has 3 aromatic carbocycles. The van der Waals surface area contributed by atoms with E-state index < -0.39 is 10.0 Å². The number of nitrogens with zero attached hydrogens (tertiary/aromatic N) is 3. The van der Waals surface area contributed by atoms with Crippen molar-refractivity contribution in [3.63, 3.8) is 0 Å². The van der Waals surface area contributed by atoms with Crippen LogP contribution in [0.5, 0.6) is 0 Å². The number of hydrogen-bond donors (Lipinski definition) is 0. The van der Waals surface area contributed by atoms with Crippen molar-refractivity contribution in [2.24, 2.45) is 0 Å². The molecule has 0 saturated heterocycles. The second kappa shape index (κ2) is 9.72. The third-order valence-electron chi connectivity index (χ3n) is 5.34. The van der Waals surface area contributed by atoms with E-state index in [1.54, 1.807) is 17.0 Å². The molecule has 4 rings (SSSR count). The van der Waals surface area contributed by atoms with Gasteiger partial charge in [0.15, 0.2) is 5.13 Å². The van der Waals surface area contributed by atoms with Gasteiger partial charge in [0.25, 0.3) is 0 Å². The second-order valence-electron chi connectivity index (χ2n) is 7.80. The van der Waals surface area contributed by atoms with Crippen LogP contribution >= 0.6 is 11.3 Å². The van der Waals surface area contributed by atoms with Crippen molar-refractivity contribution in [2.75, 3.05) is 28.6 Å². The number of carbonyl (C=O) groups excluding carboxylic acids is 1. The first-order chi connectivity index (χ1) is 15.8. The number of carbonyl (C=O) groups is 1. The number of sulfonamides is 1. The maximum absolute atomic E-state index is 13.6. The second-order valence-corrected chi connectivity index (χ2v) is 10.7. The Labute approximate surface area is 198 Å². The Kier molecular flexibility index (Phi) is 6.76. The summed E-state index contributed by atoms with van der Waals surface area (Å²) in [6, 6.07) is 24.8. The molecule has 0 aliphatic rings. The number of para-hydroxylation sites is 2. The van der Waals surface area contributed by atoms with Gasteiger partial charge in [-0.2, -0.15) is 0 Å². The van der Waals surface area contributed by atoms with Crippen LogP contribution in [0.3, 0.4) is 0 Å². The molecule has 0 bridgehead atoms. The van der Waals surface area contributed by atoms with Gasteiger partial charge in [0.05, 0.1) is 22.2 Å². The van der Waals surface area contributed by atoms with Gasteiger partial charge in [-0.25, -0.2) is 13.4 Å². The lowest BCUT2D eigenvalue weighted by Crippen LogP contribution is -2.44. The molecule has 0 radical (unpaired) electrons. The Balaban J connectivity index is 1.67. The fourth-order valence-electron chi connectivity index (χ4n) is 3.62. The van der Waals surface area contributed by atoms with Crippen LogP contribution in [-0.4, -0.2) is 38.7 Å². The van der Waals surface area contributed by atoms with Gasteiger partial charge in [-0.1, -0.05) is 72.0 Å². The summed E-state index contributed by atoms with van der Waals surface area (Å²) in [7, 11) is -3.67. The molecule has 33 heavy (non-hydrogen) atoms. The summed E-state index contributed by atoms with van der Waals surface area (Å²) in [5, 5.41) is 0.565. The van der Waals surface area contributed by atoms with E-state index in [9.17, 15) is 13.2 Å². The van der Waals surface area contributed by atoms with Crippen LogP contribution in [0.25, 0.3) is 10.2 Å². The summed E-state index contributed by atoms with van der Waals surface area (Å²) < 4.78 is 27.4. The minimum Gasteiger partial charge on any atom is -0.286 e. The van der Waals surface area contributed by atoms with Gasteiger partial charge >= 0.3 is 0 Å². The van der Waals surface area contributed by atoms with Crippen LogP contribution in [0.15, 0.2) is 78.9 Å². The molecule has 0 saturated carbocycles. The van der Waals surface area contributed by atoms with Crippen molar-refractivity contribution in [3.8, 4) is 0 Å². The lowest BCUT2D eigenvalue weighted by molar-refractivity contribution is -0.117. The van der Waals surface area contributed by atoms with Gasteiger partial charge in [0.2, 0.25) is 15.9 Å². The quantitative estimate of drug-likeness (QED) is 0.369. The van der Waals surface area contributed by atoms with Gasteiger partial charge in [0, 0.05) is 6.54 Å². The van der Waals surface area contributed by atoms with Crippen LogP contribution in [-0.2, 0) is 21.2 Å². The number of benzene rings is 3. The molecule has 0 fully saturated rings. The number of anilines is 2. The van der Waals surface area contributed by atoms with Crippen molar-refractivity contribution in [3.05, 3.63) is 90.0 Å². The number of amides is 1. The molecule has 0 spiro atoms. The van der Waals surface area contributed by atoms with Gasteiger partial charge in [-0.3, -0.25) is 14.0 Å². The highest BCUT2D eigenvalue weighted by molar-refractivity contribution is 7.92. The highest BCUT2D eigenvalue weighted by Crippen LogP contribution is 2.30. The molecule has 0 aliphatic heterocycles. The Morgan fingerprint density at radius 1 is 0.939 bits per heavy atom. The smallest absolute Gasteiger partial charge is 0.249 e. The SMILES string of the molecule is Cc1ccccc1N(CC(=O)N(CCc1ccccc1)c1nc2ccccc2s1)S(C)(=O)=O. The first-order valence-electron chi connectivity index (χ1n) is 10.6. The van der Waals surface area contributed by atoms with Crippen molar-refractivity contribution in [1.29, 1.82) is 0 Å². The highest BCUT2D eigenvalue weighted by Gasteiger charge is 2.27. The summed E-state index contributed by atoms with van der Waals surface area (Å²) in [6.45, 7) is 1.93. The lowest BCUT2D eigenvalue weighted by Gasteiger charge is -2.27. The fraction of sp³-hybridized carbons (Fsp3) is 0.200. The van der Waals surface area contributed by atoms with E-state index in [0.717, 1.165) is 27.6 Å². The molecule has 8 heteroatoms. The summed E-state index contributed by atoms with van der Waals surface area (Å²) >= 11 is 1.43. The predicted octanol–water partition coefficient (Wildman–Crippen LogP) is 4.65. The molecule has 0 unspecified atom stereocenters. The van der Waals surface area contributed by atoms with E-state index in [4.69, 9.17) is 0 Å². The third-order valence-corrected chi connectivity index (χ3v) is 7.53. The predicted molar refractivity (Wildman–Crippen MR) is 135 cm³/mol. The lowest BCUT2D eigenvalue weighted by atomic mass is 10.1. The van der Waals surface area contributed by atoms with Crippen LogP contribution in [0, 0.1) is 6.92 Å². The molecule has 6 nitrogen and oxygen atoms in total. The summed E-state index contributed by atoms with van der Waals surface area (Å²) in [5.41, 5.74) is 3.19. The Hall–Kier alpha value is -3.23. The molecule has 4 aromatic rings. The van der Waals surface area contributed by atoms with E-state index >= 15 is 0 Å². The van der Waals surface area contributed by atoms with E-state index in [-0.39, 0.29) is 12.5 Å². The standard InChI is InChI=1S/C25H25N3O3S2/c1-19-10-6-8-14-22(19)28(33(2,30)31)18-24(29)27(17-16-20-11-4-3-5-12-20)25-26-21-13-7-9-15-23(21)32-25/h3-15H,16-18H2,1-2H3. The van der Waals surface area contributed by atoms with Crippen LogP contribution in [0.2, 0.25) is 0 Å². The Bertz CT molecular complexity index is 1330. The van der Waals surface area contributed by atoms with E-state index in [1.807, 2.05) is 73.7 Å². The van der Waals surface area contributed by atoms with Crippen molar-refractivity contribution >= 4 is 48.3 Å². The number of thiazole rings is 1. The third kappa shape index (κ3) is 5.40. The van der Waals surface area contributed by atoms with Crippen molar-refractivity contribution < 1.29 is 13.2 Å². The zero-order chi connectivity index (χ0) is 23.4. The highest BCUT2D eigenvalue weighted by atomic mass is 32.2. The average Bonchev–Trinajstić information content (AvgIpc) is 3.22. The van der Waals surface area contributed by atoms with E-state index in [0.29, 0.717) is 23.8 Å². The van der Waals surface area contributed by atoms with Crippen molar-refractivity contribution in [1.82, 2.24) is 4.98 Å². The summed E-state index contributed by atoms with van der Waals surface area (Å²) in [5.74, 6) is -0.321. The van der Waals surface area contributed by atoms with Gasteiger partial charge in [-0.15, -0.1) is 0 Å². The van der Waals surface area contributed by atoms with Gasteiger partial charge in [0.1, 0.15) is 6.54 Å². The zero-order valence-corrected chi connectivity index (χ0v) is 20.1.